The van der Waals surface area contributed by atoms with Crippen LogP contribution in [0.25, 0.3) is 11.4 Å². The fourth-order valence-electron chi connectivity index (χ4n) is 3.07. The molecule has 1 atom stereocenters. The molecule has 11 nitrogen and oxygen atoms in total. The molecule has 1 unspecified atom stereocenters. The molecule has 13 heteroatoms. The summed E-state index contributed by atoms with van der Waals surface area (Å²) < 4.78 is 24.9. The molecule has 0 radical (unpaired) electrons. The molecule has 1 amide bonds. The molecule has 3 heterocycles. The summed E-state index contributed by atoms with van der Waals surface area (Å²) in [6, 6.07) is 4.28. The number of benzene rings is 1. The molecule has 0 bridgehead atoms. The average Bonchev–Trinajstić information content (AvgIpc) is 3.36. The van der Waals surface area contributed by atoms with Crippen LogP contribution >= 0.6 is 11.8 Å². The molecule has 4 rings (SSSR count). The molecule has 2 N–H and O–H groups in total. The third-order valence-electron chi connectivity index (χ3n) is 4.65. The Labute approximate surface area is 185 Å². The summed E-state index contributed by atoms with van der Waals surface area (Å²) in [7, 11) is 0. The second-order valence-electron chi connectivity index (χ2n) is 6.98. The molecule has 0 saturated carbocycles. The minimum Gasteiger partial charge on any atom is -0.481 e. The number of amidine groups is 1. The number of amides is 1. The molecule has 2 aliphatic heterocycles. The van der Waals surface area contributed by atoms with Gasteiger partial charge in [-0.05, 0) is 17.7 Å². The molecule has 2 aromatic rings. The fourth-order valence-corrected chi connectivity index (χ4v) is 3.98. The third-order valence-corrected chi connectivity index (χ3v) is 5.73. The predicted octanol–water partition coefficient (Wildman–Crippen LogP) is 1.10. The van der Waals surface area contributed by atoms with Gasteiger partial charge in [0.2, 0.25) is 17.6 Å². The van der Waals surface area contributed by atoms with E-state index in [4.69, 9.17) is 14.4 Å². The summed E-state index contributed by atoms with van der Waals surface area (Å²) in [6.45, 7) is 3.27. The highest BCUT2D eigenvalue weighted by Crippen LogP contribution is 2.23. The zero-order valence-corrected chi connectivity index (χ0v) is 17.5. The van der Waals surface area contributed by atoms with E-state index in [-0.39, 0.29) is 23.0 Å². The lowest BCUT2D eigenvalue weighted by molar-refractivity contribution is -0.138. The highest BCUT2D eigenvalue weighted by atomic mass is 32.2. The Kier molecular flexibility index (Phi) is 6.87. The summed E-state index contributed by atoms with van der Waals surface area (Å²) in [6.07, 6.45) is 1.07. The van der Waals surface area contributed by atoms with E-state index in [1.165, 1.54) is 24.4 Å². The van der Waals surface area contributed by atoms with E-state index in [9.17, 15) is 14.0 Å². The first-order valence-electron chi connectivity index (χ1n) is 9.71. The van der Waals surface area contributed by atoms with Gasteiger partial charge >= 0.3 is 5.97 Å². The van der Waals surface area contributed by atoms with Crippen molar-refractivity contribution in [2.24, 2.45) is 10.2 Å². The number of nitrogens with one attached hydrogen (secondary N) is 1. The number of rotatable bonds is 7. The highest BCUT2D eigenvalue weighted by Gasteiger charge is 2.32. The van der Waals surface area contributed by atoms with Gasteiger partial charge < -0.3 is 19.7 Å². The molecule has 32 heavy (non-hydrogen) atoms. The van der Waals surface area contributed by atoms with Crippen molar-refractivity contribution in [2.45, 2.75) is 18.2 Å². The lowest BCUT2D eigenvalue weighted by atomic mass is 10.1. The van der Waals surface area contributed by atoms with Gasteiger partial charge in [-0.25, -0.2) is 4.39 Å². The van der Waals surface area contributed by atoms with Gasteiger partial charge in [0.25, 0.3) is 0 Å². The van der Waals surface area contributed by atoms with E-state index in [1.54, 1.807) is 0 Å². The molecule has 2 aliphatic rings. The van der Waals surface area contributed by atoms with E-state index >= 15 is 0 Å². The van der Waals surface area contributed by atoms with Crippen molar-refractivity contribution < 1.29 is 28.3 Å². The number of carbonyl (C=O) groups excluding carboxylic acids is 1. The minimum absolute atomic E-state index is 0.127. The summed E-state index contributed by atoms with van der Waals surface area (Å²) in [5, 5.41) is 22.4. The van der Waals surface area contributed by atoms with Crippen LogP contribution in [0, 0.1) is 5.82 Å². The van der Waals surface area contributed by atoms with Gasteiger partial charge in [0, 0.05) is 13.1 Å². The van der Waals surface area contributed by atoms with Crippen LogP contribution in [0.15, 0.2) is 32.9 Å². The Morgan fingerprint density at radius 1 is 1.41 bits per heavy atom. The van der Waals surface area contributed by atoms with Gasteiger partial charge in [-0.2, -0.15) is 10.1 Å². The van der Waals surface area contributed by atoms with E-state index < -0.39 is 22.9 Å². The number of aromatic nitrogens is 2. The predicted molar refractivity (Wildman–Crippen MR) is 113 cm³/mol. The smallest absolute Gasteiger partial charge is 0.305 e. The summed E-state index contributed by atoms with van der Waals surface area (Å²) in [5.74, 6) is -1.50. The number of carboxylic acid groups (broad SMARTS) is 1. The number of ether oxygens (including phenoxy) is 1. The number of aliphatic carboxylic acids is 1. The van der Waals surface area contributed by atoms with E-state index in [2.05, 4.69) is 30.6 Å². The van der Waals surface area contributed by atoms with Crippen molar-refractivity contribution in [1.29, 1.82) is 0 Å². The second kappa shape index (κ2) is 9.97. The molecule has 1 aromatic carbocycles. The first kappa shape index (κ1) is 22.0. The highest BCUT2D eigenvalue weighted by molar-refractivity contribution is 8.15. The topological polar surface area (TPSA) is 143 Å². The number of carbonyl (C=O) groups is 2. The molecule has 0 aliphatic carbocycles. The molecule has 2 fully saturated rings. The SMILES string of the molecule is O=C(O)CC1SC(=NN=Cc2ccc(F)c(-c3noc(CN4CCOCC4)n3)c2)NC1=O. The van der Waals surface area contributed by atoms with Crippen molar-refractivity contribution in [3.63, 3.8) is 0 Å². The van der Waals surface area contributed by atoms with Crippen LogP contribution in [0.2, 0.25) is 0 Å². The Hall–Kier alpha value is -3.16. The first-order chi connectivity index (χ1) is 15.5. The summed E-state index contributed by atoms with van der Waals surface area (Å²) in [5.41, 5.74) is 0.685. The monoisotopic (exact) mass is 462 g/mol. The average molecular weight is 462 g/mol. The van der Waals surface area contributed by atoms with Gasteiger partial charge in [-0.15, -0.1) is 5.10 Å². The Morgan fingerprint density at radius 2 is 2.22 bits per heavy atom. The lowest BCUT2D eigenvalue weighted by Gasteiger charge is -2.24. The molecular formula is C19H19FN6O5S. The van der Waals surface area contributed by atoms with E-state index in [1.807, 2.05) is 0 Å². The number of hydrogen-bond donors (Lipinski definition) is 2. The lowest BCUT2D eigenvalue weighted by Crippen LogP contribution is -2.35. The minimum atomic E-state index is -1.07. The van der Waals surface area contributed by atoms with Crippen molar-refractivity contribution in [1.82, 2.24) is 20.4 Å². The van der Waals surface area contributed by atoms with Crippen LogP contribution in [0.4, 0.5) is 4.39 Å². The Balaban J connectivity index is 1.43. The molecular weight excluding hydrogens is 443 g/mol. The van der Waals surface area contributed by atoms with Crippen LogP contribution in [0.1, 0.15) is 17.9 Å². The number of nitrogens with zero attached hydrogens (tertiary/aromatic N) is 5. The molecule has 168 valence electrons. The quantitative estimate of drug-likeness (QED) is 0.457. The second-order valence-corrected chi connectivity index (χ2v) is 8.17. The van der Waals surface area contributed by atoms with E-state index in [0.29, 0.717) is 31.2 Å². The van der Waals surface area contributed by atoms with Crippen molar-refractivity contribution in [3.8, 4) is 11.4 Å². The van der Waals surface area contributed by atoms with Crippen LogP contribution in [-0.4, -0.2) is 75.0 Å². The normalized spacial score (nSPS) is 20.8. The maximum atomic E-state index is 14.4. The van der Waals surface area contributed by atoms with Crippen LogP contribution in [-0.2, 0) is 20.9 Å². The van der Waals surface area contributed by atoms with Gasteiger partial charge in [-0.3, -0.25) is 14.5 Å². The van der Waals surface area contributed by atoms with Crippen molar-refractivity contribution in [2.75, 3.05) is 26.3 Å². The first-order valence-corrected chi connectivity index (χ1v) is 10.6. The van der Waals surface area contributed by atoms with E-state index in [0.717, 1.165) is 24.9 Å². The maximum Gasteiger partial charge on any atom is 0.305 e. The van der Waals surface area contributed by atoms with Gasteiger partial charge in [0.05, 0.1) is 38.0 Å². The van der Waals surface area contributed by atoms with Crippen LogP contribution in [0.5, 0.6) is 0 Å². The van der Waals surface area contributed by atoms with Crippen molar-refractivity contribution >= 4 is 35.0 Å². The van der Waals surface area contributed by atoms with Gasteiger partial charge in [0.1, 0.15) is 11.1 Å². The molecule has 1 aromatic heterocycles. The third kappa shape index (κ3) is 5.55. The standard InChI is InChI=1S/C19H19FN6O5S/c20-13-2-1-11(9-21-24-19-23-18(29)14(32-19)8-16(27)28)7-12(13)17-22-15(31-25-17)10-26-3-5-30-6-4-26/h1-2,7,9,14H,3-6,8,10H2,(H,27,28)(H,23,24,29). The molecule has 2 saturated heterocycles. The summed E-state index contributed by atoms with van der Waals surface area (Å²) >= 11 is 0.992. The largest absolute Gasteiger partial charge is 0.481 e. The van der Waals surface area contributed by atoms with Crippen LogP contribution in [0.3, 0.4) is 0 Å². The van der Waals surface area contributed by atoms with Crippen molar-refractivity contribution in [3.05, 3.63) is 35.5 Å². The number of halogens is 1. The number of hydrogen-bond acceptors (Lipinski definition) is 10. The Morgan fingerprint density at radius 3 is 3.00 bits per heavy atom. The maximum absolute atomic E-state index is 14.4. The number of carboxylic acids is 1. The van der Waals surface area contributed by atoms with Crippen LogP contribution < -0.4 is 5.32 Å². The Bertz CT molecular complexity index is 1070. The number of morpholine rings is 1. The van der Waals surface area contributed by atoms with Gasteiger partial charge in [0.15, 0.2) is 5.17 Å². The zero-order chi connectivity index (χ0) is 22.5. The number of thioether (sulfide) groups is 1. The molecule has 0 spiro atoms. The zero-order valence-electron chi connectivity index (χ0n) is 16.7. The summed E-state index contributed by atoms with van der Waals surface area (Å²) in [4.78, 5) is 28.9. The van der Waals surface area contributed by atoms with Gasteiger partial charge in [-0.1, -0.05) is 23.0 Å². The fraction of sp³-hybridized carbons (Fsp3) is 0.368.